The van der Waals surface area contributed by atoms with Crippen molar-refractivity contribution in [3.05, 3.63) is 28.8 Å². The number of hydrogen-bond donors (Lipinski definition) is 2. The third-order valence-corrected chi connectivity index (χ3v) is 3.28. The van der Waals surface area contributed by atoms with Crippen molar-refractivity contribution in [3.8, 4) is 0 Å². The third-order valence-electron chi connectivity index (χ3n) is 3.04. The van der Waals surface area contributed by atoms with Crippen LogP contribution >= 0.6 is 11.6 Å². The molecule has 1 fully saturated rings. The summed E-state index contributed by atoms with van der Waals surface area (Å²) in [6, 6.07) is 4.72. The topological polar surface area (TPSA) is 58.6 Å². The minimum atomic E-state index is -0.954. The number of ether oxygens (including phenoxy) is 1. The second-order valence-corrected chi connectivity index (χ2v) is 5.23. The van der Waals surface area contributed by atoms with E-state index in [9.17, 15) is 4.79 Å². The lowest BCUT2D eigenvalue weighted by Crippen LogP contribution is -2.10. The van der Waals surface area contributed by atoms with Crippen LogP contribution in [0.2, 0.25) is 5.02 Å². The molecule has 0 heterocycles. The van der Waals surface area contributed by atoms with E-state index in [1.807, 2.05) is 0 Å². The van der Waals surface area contributed by atoms with Crippen LogP contribution in [0, 0.1) is 5.92 Å². The van der Waals surface area contributed by atoms with Crippen LogP contribution < -0.4 is 5.32 Å². The quantitative estimate of drug-likeness (QED) is 0.719. The summed E-state index contributed by atoms with van der Waals surface area (Å²) in [5, 5.41) is 12.7. The molecule has 2 rings (SSSR count). The molecule has 1 aromatic carbocycles. The summed E-state index contributed by atoms with van der Waals surface area (Å²) in [5.74, 6) is -0.177. The standard InChI is InChI=1S/C14H18ClNO3/c15-11-4-5-12(14(17)18)13(8-11)16-6-1-7-19-9-10-2-3-10/h4-5,8,10,16H,1-3,6-7,9H2,(H,17,18). The summed E-state index contributed by atoms with van der Waals surface area (Å²) in [4.78, 5) is 11.0. The second-order valence-electron chi connectivity index (χ2n) is 4.79. The minimum Gasteiger partial charge on any atom is -0.478 e. The van der Waals surface area contributed by atoms with Gasteiger partial charge in [-0.1, -0.05) is 11.6 Å². The number of anilines is 1. The van der Waals surface area contributed by atoms with E-state index in [-0.39, 0.29) is 5.56 Å². The van der Waals surface area contributed by atoms with Gasteiger partial charge in [-0.3, -0.25) is 0 Å². The smallest absolute Gasteiger partial charge is 0.337 e. The van der Waals surface area contributed by atoms with Crippen molar-refractivity contribution < 1.29 is 14.6 Å². The molecule has 5 heteroatoms. The Morgan fingerprint density at radius 1 is 1.47 bits per heavy atom. The van der Waals surface area contributed by atoms with E-state index in [4.69, 9.17) is 21.4 Å². The van der Waals surface area contributed by atoms with Gasteiger partial charge in [0.05, 0.1) is 11.3 Å². The molecule has 0 unspecified atom stereocenters. The normalized spacial score (nSPS) is 14.4. The molecule has 0 bridgehead atoms. The number of hydrogen-bond acceptors (Lipinski definition) is 3. The summed E-state index contributed by atoms with van der Waals surface area (Å²) in [5.41, 5.74) is 0.797. The maximum absolute atomic E-state index is 11.0. The molecule has 2 N–H and O–H groups in total. The maximum Gasteiger partial charge on any atom is 0.337 e. The first-order valence-corrected chi connectivity index (χ1v) is 6.89. The fourth-order valence-corrected chi connectivity index (χ4v) is 1.95. The number of carbonyl (C=O) groups is 1. The highest BCUT2D eigenvalue weighted by atomic mass is 35.5. The monoisotopic (exact) mass is 283 g/mol. The molecule has 1 aliphatic rings. The van der Waals surface area contributed by atoms with Crippen molar-refractivity contribution in [2.24, 2.45) is 5.92 Å². The van der Waals surface area contributed by atoms with E-state index in [1.165, 1.54) is 18.9 Å². The Balaban J connectivity index is 1.74. The van der Waals surface area contributed by atoms with Crippen molar-refractivity contribution in [2.45, 2.75) is 19.3 Å². The van der Waals surface area contributed by atoms with E-state index in [2.05, 4.69) is 5.32 Å². The van der Waals surface area contributed by atoms with Crippen molar-refractivity contribution in [1.29, 1.82) is 0 Å². The average Bonchev–Trinajstić information content (AvgIpc) is 3.17. The number of aromatic carboxylic acids is 1. The van der Waals surface area contributed by atoms with Crippen molar-refractivity contribution >= 4 is 23.3 Å². The van der Waals surface area contributed by atoms with E-state index in [0.717, 1.165) is 18.9 Å². The Hall–Kier alpha value is -1.26. The van der Waals surface area contributed by atoms with Crippen LogP contribution in [0.5, 0.6) is 0 Å². The van der Waals surface area contributed by atoms with Gasteiger partial charge < -0.3 is 15.2 Å². The van der Waals surface area contributed by atoms with E-state index in [0.29, 0.717) is 23.9 Å². The summed E-state index contributed by atoms with van der Waals surface area (Å²) in [6.07, 6.45) is 3.43. The second kappa shape index (κ2) is 6.78. The van der Waals surface area contributed by atoms with Gasteiger partial charge in [0.25, 0.3) is 0 Å². The lowest BCUT2D eigenvalue weighted by Gasteiger charge is -2.10. The third kappa shape index (κ3) is 4.73. The van der Waals surface area contributed by atoms with Crippen LogP contribution in [0.4, 0.5) is 5.69 Å². The zero-order valence-corrected chi connectivity index (χ0v) is 11.4. The summed E-state index contributed by atoms with van der Waals surface area (Å²) >= 11 is 5.87. The highest BCUT2D eigenvalue weighted by Crippen LogP contribution is 2.28. The molecule has 19 heavy (non-hydrogen) atoms. The molecule has 0 radical (unpaired) electrons. The maximum atomic E-state index is 11.0. The number of rotatable bonds is 8. The van der Waals surface area contributed by atoms with Gasteiger partial charge in [-0.25, -0.2) is 4.79 Å². The molecule has 4 nitrogen and oxygen atoms in total. The van der Waals surface area contributed by atoms with Gasteiger partial charge in [0.1, 0.15) is 0 Å². The van der Waals surface area contributed by atoms with Crippen LogP contribution in [0.1, 0.15) is 29.6 Å². The number of carboxylic acid groups (broad SMARTS) is 1. The molecule has 104 valence electrons. The minimum absolute atomic E-state index is 0.239. The largest absolute Gasteiger partial charge is 0.478 e. The SMILES string of the molecule is O=C(O)c1ccc(Cl)cc1NCCCOCC1CC1. The molecular weight excluding hydrogens is 266 g/mol. The summed E-state index contributed by atoms with van der Waals surface area (Å²) in [7, 11) is 0. The number of carboxylic acids is 1. The molecule has 1 aliphatic carbocycles. The molecule has 0 spiro atoms. The first kappa shape index (κ1) is 14.2. The summed E-state index contributed by atoms with van der Waals surface area (Å²) < 4.78 is 5.51. The van der Waals surface area contributed by atoms with Crippen molar-refractivity contribution in [1.82, 2.24) is 0 Å². The Labute approximate surface area is 117 Å². The predicted molar refractivity (Wildman–Crippen MR) is 75.1 cm³/mol. The van der Waals surface area contributed by atoms with E-state index >= 15 is 0 Å². The van der Waals surface area contributed by atoms with Crippen molar-refractivity contribution in [2.75, 3.05) is 25.1 Å². The average molecular weight is 284 g/mol. The van der Waals surface area contributed by atoms with Gasteiger partial charge in [-0.15, -0.1) is 0 Å². The molecule has 0 aromatic heterocycles. The zero-order chi connectivity index (χ0) is 13.7. The number of nitrogens with one attached hydrogen (secondary N) is 1. The lowest BCUT2D eigenvalue weighted by atomic mass is 10.2. The molecule has 1 aromatic rings. The van der Waals surface area contributed by atoms with Crippen molar-refractivity contribution in [3.63, 3.8) is 0 Å². The van der Waals surface area contributed by atoms with Gasteiger partial charge in [0.15, 0.2) is 0 Å². The van der Waals surface area contributed by atoms with Crippen LogP contribution in [0.3, 0.4) is 0 Å². The van der Waals surface area contributed by atoms with E-state index in [1.54, 1.807) is 12.1 Å². The van der Waals surface area contributed by atoms with Gasteiger partial charge >= 0.3 is 5.97 Å². The number of benzene rings is 1. The van der Waals surface area contributed by atoms with Crippen LogP contribution in [-0.4, -0.2) is 30.8 Å². The Kier molecular flexibility index (Phi) is 5.05. The van der Waals surface area contributed by atoms with Gasteiger partial charge in [-0.05, 0) is 43.4 Å². The first-order valence-electron chi connectivity index (χ1n) is 6.51. The molecule has 0 amide bonds. The van der Waals surface area contributed by atoms with Crippen LogP contribution in [0.15, 0.2) is 18.2 Å². The van der Waals surface area contributed by atoms with Crippen LogP contribution in [0.25, 0.3) is 0 Å². The zero-order valence-electron chi connectivity index (χ0n) is 10.7. The molecule has 0 atom stereocenters. The highest BCUT2D eigenvalue weighted by Gasteiger charge is 2.20. The number of halogens is 1. The Morgan fingerprint density at radius 3 is 2.95 bits per heavy atom. The summed E-state index contributed by atoms with van der Waals surface area (Å²) in [6.45, 7) is 2.23. The fourth-order valence-electron chi connectivity index (χ4n) is 1.78. The van der Waals surface area contributed by atoms with Gasteiger partial charge in [0, 0.05) is 24.8 Å². The first-order chi connectivity index (χ1) is 9.16. The molecule has 0 aliphatic heterocycles. The highest BCUT2D eigenvalue weighted by molar-refractivity contribution is 6.31. The van der Waals surface area contributed by atoms with E-state index < -0.39 is 5.97 Å². The molecular formula is C14H18ClNO3. The molecule has 1 saturated carbocycles. The Bertz CT molecular complexity index is 446. The Morgan fingerprint density at radius 2 is 2.26 bits per heavy atom. The van der Waals surface area contributed by atoms with Gasteiger partial charge in [0.2, 0.25) is 0 Å². The molecule has 0 saturated heterocycles. The predicted octanol–water partition coefficient (Wildman–Crippen LogP) is 3.27. The van der Waals surface area contributed by atoms with Crippen LogP contribution in [-0.2, 0) is 4.74 Å². The lowest BCUT2D eigenvalue weighted by molar-refractivity contribution is 0.0698. The fraction of sp³-hybridized carbons (Fsp3) is 0.500. The van der Waals surface area contributed by atoms with Gasteiger partial charge in [-0.2, -0.15) is 0 Å².